The molecule has 1 heterocycles. The van der Waals surface area contributed by atoms with Crippen LogP contribution in [0.25, 0.3) is 0 Å². The minimum Gasteiger partial charge on any atom is -0.330 e. The van der Waals surface area contributed by atoms with E-state index in [1.165, 1.54) is 11.1 Å². The molecule has 2 atom stereocenters. The number of nitrogens with one attached hydrogen (secondary N) is 1. The van der Waals surface area contributed by atoms with Gasteiger partial charge in [-0.25, -0.2) is 4.72 Å². The minimum atomic E-state index is -3.37. The number of piperidine rings is 1. The summed E-state index contributed by atoms with van der Waals surface area (Å²) in [6.45, 7) is 2.20. The van der Waals surface area contributed by atoms with Crippen molar-refractivity contribution in [2.24, 2.45) is 11.7 Å². The highest BCUT2D eigenvalue weighted by atomic mass is 32.2. The Balaban J connectivity index is 1.57. The van der Waals surface area contributed by atoms with E-state index < -0.39 is 10.2 Å². The number of fused-ring (bicyclic) bond motifs is 1. The van der Waals surface area contributed by atoms with Crippen molar-refractivity contribution in [3.63, 3.8) is 0 Å². The molecule has 0 amide bonds. The van der Waals surface area contributed by atoms with E-state index in [1.54, 1.807) is 4.31 Å². The molecule has 5 nitrogen and oxygen atoms in total. The number of rotatable bonds is 5. The molecule has 0 radical (unpaired) electrons. The summed E-state index contributed by atoms with van der Waals surface area (Å²) in [6, 6.07) is 8.23. The summed E-state index contributed by atoms with van der Waals surface area (Å²) in [4.78, 5) is 0. The number of nitrogens with two attached hydrogens (primary N) is 1. The number of hydrogen-bond donors (Lipinski definition) is 2. The molecule has 0 spiro atoms. The van der Waals surface area contributed by atoms with E-state index in [1.807, 2.05) is 12.1 Å². The van der Waals surface area contributed by atoms with Crippen LogP contribution in [0.2, 0.25) is 0 Å². The van der Waals surface area contributed by atoms with Gasteiger partial charge in [0.05, 0.1) is 0 Å². The Labute approximate surface area is 126 Å². The van der Waals surface area contributed by atoms with Gasteiger partial charge in [0, 0.05) is 25.6 Å². The molecule has 21 heavy (non-hydrogen) atoms. The maximum absolute atomic E-state index is 12.4. The molecule has 3 N–H and O–H groups in total. The van der Waals surface area contributed by atoms with Crippen LogP contribution in [0.15, 0.2) is 24.3 Å². The average molecular weight is 309 g/mol. The van der Waals surface area contributed by atoms with Gasteiger partial charge in [0.1, 0.15) is 0 Å². The van der Waals surface area contributed by atoms with Gasteiger partial charge in [0.2, 0.25) is 0 Å². The first kappa shape index (κ1) is 15.0. The smallest absolute Gasteiger partial charge is 0.279 e. The van der Waals surface area contributed by atoms with Crippen molar-refractivity contribution in [3.05, 3.63) is 35.4 Å². The molecule has 1 aromatic rings. The summed E-state index contributed by atoms with van der Waals surface area (Å²) in [5.74, 6) is 0.603. The molecule has 1 saturated heterocycles. The van der Waals surface area contributed by atoms with E-state index in [9.17, 15) is 8.42 Å². The van der Waals surface area contributed by atoms with E-state index in [2.05, 4.69) is 16.9 Å². The summed E-state index contributed by atoms with van der Waals surface area (Å²) in [5, 5.41) is 0. The van der Waals surface area contributed by atoms with Crippen LogP contribution in [0.3, 0.4) is 0 Å². The Morgan fingerprint density at radius 3 is 2.90 bits per heavy atom. The average Bonchev–Trinajstić information content (AvgIpc) is 2.48. The molecule has 0 bridgehead atoms. The number of benzene rings is 1. The van der Waals surface area contributed by atoms with Crippen molar-refractivity contribution in [1.82, 2.24) is 9.03 Å². The van der Waals surface area contributed by atoms with Gasteiger partial charge >= 0.3 is 0 Å². The lowest BCUT2D eigenvalue weighted by atomic mass is 9.78. The predicted molar refractivity (Wildman–Crippen MR) is 83.2 cm³/mol. The Kier molecular flexibility index (Phi) is 4.31. The SMILES string of the molecule is NCC1CCCN(S(=O)(=O)NCC2Cc3ccccc32)C1. The fraction of sp³-hybridized carbons (Fsp3) is 0.600. The Bertz CT molecular complexity index is 603. The van der Waals surface area contributed by atoms with Crippen molar-refractivity contribution in [2.45, 2.75) is 25.2 Å². The van der Waals surface area contributed by atoms with Crippen LogP contribution >= 0.6 is 0 Å². The first-order chi connectivity index (χ1) is 10.1. The van der Waals surface area contributed by atoms with Crippen molar-refractivity contribution in [3.8, 4) is 0 Å². The van der Waals surface area contributed by atoms with Gasteiger partial charge in [-0.15, -0.1) is 0 Å². The lowest BCUT2D eigenvalue weighted by Crippen LogP contribution is -2.48. The second-order valence-corrected chi connectivity index (χ2v) is 7.81. The van der Waals surface area contributed by atoms with Crippen molar-refractivity contribution in [2.75, 3.05) is 26.2 Å². The van der Waals surface area contributed by atoms with Crippen LogP contribution in [-0.4, -0.2) is 38.9 Å². The maximum atomic E-state index is 12.4. The van der Waals surface area contributed by atoms with Gasteiger partial charge in [0.15, 0.2) is 0 Å². The van der Waals surface area contributed by atoms with Gasteiger partial charge in [-0.05, 0) is 42.9 Å². The molecule has 0 aromatic heterocycles. The quantitative estimate of drug-likeness (QED) is 0.846. The summed E-state index contributed by atoms with van der Waals surface area (Å²) in [6.07, 6.45) is 2.89. The third-order valence-electron chi connectivity index (χ3n) is 4.63. The first-order valence-corrected chi connectivity index (χ1v) is 9.07. The van der Waals surface area contributed by atoms with Gasteiger partial charge in [-0.1, -0.05) is 24.3 Å². The molecule has 116 valence electrons. The van der Waals surface area contributed by atoms with Crippen molar-refractivity contribution >= 4 is 10.2 Å². The van der Waals surface area contributed by atoms with E-state index in [0.717, 1.165) is 19.3 Å². The summed E-state index contributed by atoms with van der Waals surface area (Å²) >= 11 is 0. The van der Waals surface area contributed by atoms with E-state index in [4.69, 9.17) is 5.73 Å². The second-order valence-electron chi connectivity index (χ2n) is 6.06. The molecule has 6 heteroatoms. The van der Waals surface area contributed by atoms with Crippen molar-refractivity contribution in [1.29, 1.82) is 0 Å². The van der Waals surface area contributed by atoms with Gasteiger partial charge in [-0.2, -0.15) is 12.7 Å². The second kappa shape index (κ2) is 6.04. The zero-order valence-corrected chi connectivity index (χ0v) is 13.0. The largest absolute Gasteiger partial charge is 0.330 e. The highest BCUT2D eigenvalue weighted by Crippen LogP contribution is 2.34. The first-order valence-electron chi connectivity index (χ1n) is 7.63. The monoisotopic (exact) mass is 309 g/mol. The predicted octanol–water partition coefficient (Wildman–Crippen LogP) is 0.831. The van der Waals surface area contributed by atoms with Crippen LogP contribution in [0, 0.1) is 5.92 Å². The van der Waals surface area contributed by atoms with Gasteiger partial charge in [0.25, 0.3) is 10.2 Å². The third-order valence-corrected chi connectivity index (χ3v) is 6.17. The number of nitrogens with zero attached hydrogens (tertiary/aromatic N) is 1. The number of hydrogen-bond acceptors (Lipinski definition) is 3. The molecule has 1 fully saturated rings. The minimum absolute atomic E-state index is 0.291. The topological polar surface area (TPSA) is 75.4 Å². The Morgan fingerprint density at radius 1 is 1.33 bits per heavy atom. The molecular weight excluding hydrogens is 286 g/mol. The van der Waals surface area contributed by atoms with Gasteiger partial charge in [-0.3, -0.25) is 0 Å². The lowest BCUT2D eigenvalue weighted by molar-refractivity contribution is 0.268. The van der Waals surface area contributed by atoms with Crippen LogP contribution < -0.4 is 10.5 Å². The zero-order valence-electron chi connectivity index (χ0n) is 12.2. The Hall–Kier alpha value is -0.950. The lowest BCUT2D eigenvalue weighted by Gasteiger charge is -2.33. The fourth-order valence-corrected chi connectivity index (χ4v) is 4.65. The normalized spacial score (nSPS) is 26.1. The maximum Gasteiger partial charge on any atom is 0.279 e. The van der Waals surface area contributed by atoms with Gasteiger partial charge < -0.3 is 5.73 Å². The highest BCUT2D eigenvalue weighted by molar-refractivity contribution is 7.87. The summed E-state index contributed by atoms with van der Waals surface area (Å²) in [7, 11) is -3.37. The van der Waals surface area contributed by atoms with Crippen LogP contribution in [0.1, 0.15) is 29.9 Å². The molecule has 2 unspecified atom stereocenters. The standard InChI is InChI=1S/C15H23N3O2S/c16-9-12-4-3-7-18(11-12)21(19,20)17-10-14-8-13-5-1-2-6-15(13)14/h1-2,5-6,12,14,17H,3-4,7-11,16H2. The molecular formula is C15H23N3O2S. The zero-order chi connectivity index (χ0) is 14.9. The molecule has 1 aromatic carbocycles. The van der Waals surface area contributed by atoms with Crippen LogP contribution in [-0.2, 0) is 16.6 Å². The third kappa shape index (κ3) is 3.13. The Morgan fingerprint density at radius 2 is 2.14 bits per heavy atom. The summed E-state index contributed by atoms with van der Waals surface area (Å²) < 4.78 is 29.1. The van der Waals surface area contributed by atoms with E-state index in [0.29, 0.717) is 38.0 Å². The molecule has 3 rings (SSSR count). The summed E-state index contributed by atoms with van der Waals surface area (Å²) in [5.41, 5.74) is 8.29. The molecule has 1 aliphatic heterocycles. The molecule has 0 saturated carbocycles. The van der Waals surface area contributed by atoms with E-state index >= 15 is 0 Å². The highest BCUT2D eigenvalue weighted by Gasteiger charge is 2.31. The fourth-order valence-electron chi connectivity index (χ4n) is 3.28. The van der Waals surface area contributed by atoms with Crippen molar-refractivity contribution < 1.29 is 8.42 Å². The molecule has 1 aliphatic carbocycles. The van der Waals surface area contributed by atoms with E-state index in [-0.39, 0.29) is 0 Å². The molecule has 2 aliphatic rings. The van der Waals surface area contributed by atoms with Crippen LogP contribution in [0.5, 0.6) is 0 Å². The van der Waals surface area contributed by atoms with Crippen LogP contribution in [0.4, 0.5) is 0 Å².